The maximum Gasteiger partial charge on any atom is 0.139 e. The zero-order chi connectivity index (χ0) is 13.1. The molecule has 0 aliphatic carbocycles. The minimum absolute atomic E-state index is 0.739. The molecule has 0 spiro atoms. The van der Waals surface area contributed by atoms with E-state index in [1.54, 1.807) is 7.11 Å². The number of rotatable bonds is 4. The first kappa shape index (κ1) is 11.6. The molecule has 2 aromatic heterocycles. The molecule has 4 heteroatoms. The normalized spacial score (nSPS) is 10.6. The molecule has 0 radical (unpaired) electrons. The minimum atomic E-state index is 0.739. The molecule has 2 heterocycles. The number of hydrogen-bond acceptors (Lipinski definition) is 3. The Labute approximate surface area is 111 Å². The van der Waals surface area contributed by atoms with E-state index in [-0.39, 0.29) is 0 Å². The Morgan fingerprint density at radius 1 is 1.11 bits per heavy atom. The molecule has 2 N–H and O–H groups in total. The van der Waals surface area contributed by atoms with Crippen molar-refractivity contribution in [1.29, 1.82) is 0 Å². The van der Waals surface area contributed by atoms with Crippen LogP contribution in [0.15, 0.2) is 48.7 Å². The number of fused-ring (bicyclic) bond motifs is 1. The number of ether oxygens (including phenoxy) is 1. The molecule has 0 saturated heterocycles. The Hall–Kier alpha value is -2.49. The highest BCUT2D eigenvalue weighted by atomic mass is 16.5. The number of aromatic nitrogens is 2. The van der Waals surface area contributed by atoms with Gasteiger partial charge >= 0.3 is 0 Å². The van der Waals surface area contributed by atoms with E-state index in [2.05, 4.69) is 21.4 Å². The first-order valence-corrected chi connectivity index (χ1v) is 6.16. The number of aromatic amines is 1. The average molecular weight is 253 g/mol. The number of nitrogens with zero attached hydrogens (tertiary/aromatic N) is 1. The summed E-state index contributed by atoms with van der Waals surface area (Å²) in [6.07, 6.45) is 1.89. The fraction of sp³-hybridized carbons (Fsp3) is 0.133. The summed E-state index contributed by atoms with van der Waals surface area (Å²) in [5.74, 6) is 1.74. The summed E-state index contributed by atoms with van der Waals surface area (Å²) >= 11 is 0. The van der Waals surface area contributed by atoms with Gasteiger partial charge in [0.15, 0.2) is 0 Å². The molecule has 0 saturated carbocycles. The molecule has 0 amide bonds. The first-order valence-electron chi connectivity index (χ1n) is 6.16. The number of benzene rings is 1. The van der Waals surface area contributed by atoms with Crippen LogP contribution < -0.4 is 10.1 Å². The fourth-order valence-electron chi connectivity index (χ4n) is 1.96. The number of pyridine rings is 1. The summed E-state index contributed by atoms with van der Waals surface area (Å²) in [5.41, 5.74) is 2.09. The number of methoxy groups -OCH3 is 1. The van der Waals surface area contributed by atoms with Gasteiger partial charge in [0.2, 0.25) is 0 Å². The van der Waals surface area contributed by atoms with Crippen LogP contribution in [0.1, 0.15) is 5.56 Å². The largest absolute Gasteiger partial charge is 0.497 e. The van der Waals surface area contributed by atoms with E-state index >= 15 is 0 Å². The van der Waals surface area contributed by atoms with Gasteiger partial charge in [0, 0.05) is 18.1 Å². The maximum atomic E-state index is 5.13. The standard InChI is InChI=1S/C15H15N3O/c1-19-13-5-2-11(3-6-13)10-17-14-7-4-12-8-9-16-15(12)18-14/h2-9H,10H2,1H3,(H2,16,17,18). The lowest BCUT2D eigenvalue weighted by atomic mass is 10.2. The van der Waals surface area contributed by atoms with Gasteiger partial charge in [0.25, 0.3) is 0 Å². The van der Waals surface area contributed by atoms with Gasteiger partial charge in [0.05, 0.1) is 7.11 Å². The van der Waals surface area contributed by atoms with Crippen molar-refractivity contribution in [3.8, 4) is 5.75 Å². The van der Waals surface area contributed by atoms with Crippen LogP contribution in [0.2, 0.25) is 0 Å². The van der Waals surface area contributed by atoms with E-state index in [1.165, 1.54) is 5.56 Å². The maximum absolute atomic E-state index is 5.13. The van der Waals surface area contributed by atoms with Gasteiger partial charge in [-0.1, -0.05) is 12.1 Å². The van der Waals surface area contributed by atoms with Crippen molar-refractivity contribution < 1.29 is 4.74 Å². The highest BCUT2D eigenvalue weighted by Gasteiger charge is 1.99. The zero-order valence-corrected chi connectivity index (χ0v) is 10.7. The van der Waals surface area contributed by atoms with Crippen molar-refractivity contribution in [1.82, 2.24) is 9.97 Å². The van der Waals surface area contributed by atoms with Gasteiger partial charge in [-0.2, -0.15) is 0 Å². The second kappa shape index (κ2) is 5.02. The monoisotopic (exact) mass is 253 g/mol. The van der Waals surface area contributed by atoms with Crippen molar-refractivity contribution in [3.05, 3.63) is 54.2 Å². The SMILES string of the molecule is COc1ccc(CNc2ccc3cc[nH]c3n2)cc1. The lowest BCUT2D eigenvalue weighted by Crippen LogP contribution is -2.01. The summed E-state index contributed by atoms with van der Waals surface area (Å²) in [6, 6.07) is 14.0. The number of H-pyrrole nitrogens is 1. The Bertz CT molecular complexity index is 673. The van der Waals surface area contributed by atoms with E-state index in [9.17, 15) is 0 Å². The molecular formula is C15H15N3O. The van der Waals surface area contributed by atoms with Crippen LogP contribution in [0.3, 0.4) is 0 Å². The summed E-state index contributed by atoms with van der Waals surface area (Å²) in [6.45, 7) is 0.739. The molecule has 0 bridgehead atoms. The average Bonchev–Trinajstić information content (AvgIpc) is 2.93. The summed E-state index contributed by atoms with van der Waals surface area (Å²) in [5, 5.41) is 4.43. The molecule has 19 heavy (non-hydrogen) atoms. The topological polar surface area (TPSA) is 49.9 Å². The number of nitrogens with one attached hydrogen (secondary N) is 2. The third kappa shape index (κ3) is 2.52. The van der Waals surface area contributed by atoms with Crippen molar-refractivity contribution >= 4 is 16.9 Å². The van der Waals surface area contributed by atoms with E-state index < -0.39 is 0 Å². The zero-order valence-electron chi connectivity index (χ0n) is 10.7. The van der Waals surface area contributed by atoms with Crippen LogP contribution in [-0.2, 0) is 6.54 Å². The third-order valence-corrected chi connectivity index (χ3v) is 3.04. The summed E-state index contributed by atoms with van der Waals surface area (Å²) in [7, 11) is 1.67. The van der Waals surface area contributed by atoms with E-state index in [0.717, 1.165) is 29.1 Å². The van der Waals surface area contributed by atoms with Crippen LogP contribution in [0, 0.1) is 0 Å². The Kier molecular flexibility index (Phi) is 3.06. The molecule has 0 aliphatic heterocycles. The summed E-state index contributed by atoms with van der Waals surface area (Å²) < 4.78 is 5.13. The second-order valence-corrected chi connectivity index (χ2v) is 4.31. The van der Waals surface area contributed by atoms with Gasteiger partial charge in [-0.15, -0.1) is 0 Å². The van der Waals surface area contributed by atoms with Crippen molar-refractivity contribution in [2.75, 3.05) is 12.4 Å². The van der Waals surface area contributed by atoms with Crippen LogP contribution in [0.4, 0.5) is 5.82 Å². The first-order chi connectivity index (χ1) is 9.35. The molecule has 0 aliphatic rings. The van der Waals surface area contributed by atoms with Crippen LogP contribution in [-0.4, -0.2) is 17.1 Å². The van der Waals surface area contributed by atoms with Gasteiger partial charge in [-0.3, -0.25) is 0 Å². The fourth-order valence-corrected chi connectivity index (χ4v) is 1.96. The van der Waals surface area contributed by atoms with Gasteiger partial charge in [-0.25, -0.2) is 4.98 Å². The molecule has 0 unspecified atom stereocenters. The lowest BCUT2D eigenvalue weighted by molar-refractivity contribution is 0.414. The second-order valence-electron chi connectivity index (χ2n) is 4.31. The molecule has 3 rings (SSSR count). The Morgan fingerprint density at radius 2 is 1.95 bits per heavy atom. The van der Waals surface area contributed by atoms with Gasteiger partial charge < -0.3 is 15.0 Å². The third-order valence-electron chi connectivity index (χ3n) is 3.04. The molecular weight excluding hydrogens is 238 g/mol. The van der Waals surface area contributed by atoms with E-state index in [0.29, 0.717) is 0 Å². The Balaban J connectivity index is 1.70. The minimum Gasteiger partial charge on any atom is -0.497 e. The van der Waals surface area contributed by atoms with Crippen LogP contribution >= 0.6 is 0 Å². The molecule has 3 aromatic rings. The predicted octanol–water partition coefficient (Wildman–Crippen LogP) is 3.18. The van der Waals surface area contributed by atoms with Crippen molar-refractivity contribution in [3.63, 3.8) is 0 Å². The smallest absolute Gasteiger partial charge is 0.139 e. The van der Waals surface area contributed by atoms with Gasteiger partial charge in [-0.05, 0) is 35.9 Å². The molecule has 0 atom stereocenters. The number of anilines is 1. The molecule has 0 fully saturated rings. The highest BCUT2D eigenvalue weighted by Crippen LogP contribution is 2.15. The molecule has 4 nitrogen and oxygen atoms in total. The highest BCUT2D eigenvalue weighted by molar-refractivity contribution is 5.77. The molecule has 1 aromatic carbocycles. The van der Waals surface area contributed by atoms with E-state index in [4.69, 9.17) is 4.74 Å². The summed E-state index contributed by atoms with van der Waals surface area (Å²) in [4.78, 5) is 7.60. The van der Waals surface area contributed by atoms with Crippen molar-refractivity contribution in [2.24, 2.45) is 0 Å². The van der Waals surface area contributed by atoms with Crippen molar-refractivity contribution in [2.45, 2.75) is 6.54 Å². The lowest BCUT2D eigenvalue weighted by Gasteiger charge is -2.06. The number of hydrogen-bond donors (Lipinski definition) is 2. The predicted molar refractivity (Wildman–Crippen MR) is 76.4 cm³/mol. The quantitative estimate of drug-likeness (QED) is 0.750. The Morgan fingerprint density at radius 3 is 2.74 bits per heavy atom. The van der Waals surface area contributed by atoms with Gasteiger partial charge in [0.1, 0.15) is 17.2 Å². The van der Waals surface area contributed by atoms with E-state index in [1.807, 2.05) is 42.6 Å². The van der Waals surface area contributed by atoms with Crippen LogP contribution in [0.25, 0.3) is 11.0 Å². The molecule has 96 valence electrons. The van der Waals surface area contributed by atoms with Crippen LogP contribution in [0.5, 0.6) is 5.75 Å².